The van der Waals surface area contributed by atoms with E-state index in [4.69, 9.17) is 10.5 Å². The highest BCUT2D eigenvalue weighted by molar-refractivity contribution is 5.67. The number of rotatable bonds is 4. The Bertz CT molecular complexity index is 978. The lowest BCUT2D eigenvalue weighted by atomic mass is 10.1. The highest BCUT2D eigenvalue weighted by Crippen LogP contribution is 2.27. The topological polar surface area (TPSA) is 76.8 Å². The molecule has 25 heavy (non-hydrogen) atoms. The summed E-state index contributed by atoms with van der Waals surface area (Å²) < 4.78 is 5.82. The number of aromatic amines is 1. The van der Waals surface area contributed by atoms with Gasteiger partial charge in [-0.3, -0.25) is 0 Å². The number of para-hydroxylation sites is 1. The van der Waals surface area contributed by atoms with Crippen molar-refractivity contribution >= 4 is 5.95 Å². The normalized spacial score (nSPS) is 10.6. The molecule has 3 N–H and O–H groups in total. The summed E-state index contributed by atoms with van der Waals surface area (Å²) in [7, 11) is 0. The number of aromatic nitrogens is 3. The lowest BCUT2D eigenvalue weighted by Crippen LogP contribution is -1.95. The predicted octanol–water partition coefficient (Wildman–Crippen LogP) is 4.51. The van der Waals surface area contributed by atoms with Crippen LogP contribution in [0.2, 0.25) is 0 Å². The Morgan fingerprint density at radius 3 is 2.24 bits per heavy atom. The van der Waals surface area contributed by atoms with Gasteiger partial charge in [0.25, 0.3) is 0 Å². The lowest BCUT2D eigenvalue weighted by molar-refractivity contribution is 0.483. The highest BCUT2D eigenvalue weighted by atomic mass is 16.5. The predicted molar refractivity (Wildman–Crippen MR) is 98.2 cm³/mol. The molecule has 4 rings (SSSR count). The van der Waals surface area contributed by atoms with Gasteiger partial charge in [-0.25, -0.2) is 9.97 Å². The van der Waals surface area contributed by atoms with Crippen LogP contribution in [-0.4, -0.2) is 15.0 Å². The molecule has 0 saturated carbocycles. The number of ether oxygens (including phenoxy) is 1. The number of nitrogens with zero attached hydrogens (tertiary/aromatic N) is 2. The molecule has 0 aliphatic rings. The smallest absolute Gasteiger partial charge is 0.220 e. The molecule has 5 nitrogen and oxygen atoms in total. The fraction of sp³-hybridized carbons (Fsp3) is 0. The molecule has 5 heteroatoms. The van der Waals surface area contributed by atoms with Crippen molar-refractivity contribution < 1.29 is 4.74 Å². The third-order valence-corrected chi connectivity index (χ3v) is 3.78. The highest BCUT2D eigenvalue weighted by Gasteiger charge is 2.06. The fourth-order valence-corrected chi connectivity index (χ4v) is 2.56. The molecule has 0 bridgehead atoms. The van der Waals surface area contributed by atoms with E-state index in [-0.39, 0.29) is 5.95 Å². The van der Waals surface area contributed by atoms with E-state index < -0.39 is 0 Å². The molecule has 0 fully saturated rings. The van der Waals surface area contributed by atoms with Gasteiger partial charge in [-0.2, -0.15) is 0 Å². The number of hydrogen-bond acceptors (Lipinski definition) is 4. The van der Waals surface area contributed by atoms with Crippen molar-refractivity contribution in [1.82, 2.24) is 15.0 Å². The molecule has 0 spiro atoms. The van der Waals surface area contributed by atoms with Gasteiger partial charge in [-0.15, -0.1) is 0 Å². The second-order valence-electron chi connectivity index (χ2n) is 5.53. The van der Waals surface area contributed by atoms with Crippen LogP contribution in [0, 0.1) is 0 Å². The minimum atomic E-state index is 0.260. The second-order valence-corrected chi connectivity index (χ2v) is 5.53. The molecule has 0 amide bonds. The Hall–Kier alpha value is -3.60. The SMILES string of the molecule is Nc1nccc(-c2ccc(-c3ccc(Oc4ccccc4)cc3)[nH]2)n1. The summed E-state index contributed by atoms with van der Waals surface area (Å²) in [6, 6.07) is 23.5. The monoisotopic (exact) mass is 328 g/mol. The molecule has 4 aromatic rings. The van der Waals surface area contributed by atoms with Crippen molar-refractivity contribution in [3.63, 3.8) is 0 Å². The molecule has 2 heterocycles. The zero-order valence-electron chi connectivity index (χ0n) is 13.4. The first-order valence-corrected chi connectivity index (χ1v) is 7.89. The van der Waals surface area contributed by atoms with Gasteiger partial charge in [0.05, 0.1) is 11.4 Å². The maximum atomic E-state index is 5.82. The van der Waals surface area contributed by atoms with E-state index in [0.29, 0.717) is 0 Å². The zero-order valence-corrected chi connectivity index (χ0v) is 13.4. The van der Waals surface area contributed by atoms with E-state index >= 15 is 0 Å². The number of H-pyrrole nitrogens is 1. The number of nitrogen functional groups attached to an aromatic ring is 1. The average Bonchev–Trinajstić information content (AvgIpc) is 3.13. The Balaban J connectivity index is 1.55. The molecule has 2 aromatic carbocycles. The molecular formula is C20H16N4O. The van der Waals surface area contributed by atoms with E-state index in [1.54, 1.807) is 6.20 Å². The molecule has 0 saturated heterocycles. The van der Waals surface area contributed by atoms with Crippen LogP contribution in [-0.2, 0) is 0 Å². The van der Waals surface area contributed by atoms with Crippen molar-refractivity contribution in [3.05, 3.63) is 79.0 Å². The molecule has 0 radical (unpaired) electrons. The number of hydrogen-bond donors (Lipinski definition) is 2. The quantitative estimate of drug-likeness (QED) is 0.578. The Morgan fingerprint density at radius 1 is 0.760 bits per heavy atom. The van der Waals surface area contributed by atoms with Crippen LogP contribution in [0.5, 0.6) is 11.5 Å². The summed E-state index contributed by atoms with van der Waals surface area (Å²) in [5.41, 5.74) is 9.37. The van der Waals surface area contributed by atoms with Gasteiger partial charge in [-0.1, -0.05) is 18.2 Å². The summed E-state index contributed by atoms with van der Waals surface area (Å²) in [5, 5.41) is 0. The fourth-order valence-electron chi connectivity index (χ4n) is 2.56. The van der Waals surface area contributed by atoms with Gasteiger partial charge in [0.1, 0.15) is 11.5 Å². The average molecular weight is 328 g/mol. The zero-order chi connectivity index (χ0) is 17.1. The standard InChI is InChI=1S/C20H16N4O/c21-20-22-13-12-19(24-20)18-11-10-17(23-18)14-6-8-16(9-7-14)25-15-4-2-1-3-5-15/h1-13,23H,(H2,21,22,24). The van der Waals surface area contributed by atoms with Crippen molar-refractivity contribution in [3.8, 4) is 34.1 Å². The van der Waals surface area contributed by atoms with Crippen molar-refractivity contribution in [2.75, 3.05) is 5.73 Å². The Kier molecular flexibility index (Phi) is 3.88. The molecule has 0 aliphatic carbocycles. The van der Waals surface area contributed by atoms with Gasteiger partial charge in [-0.05, 0) is 60.2 Å². The molecule has 2 aromatic heterocycles. The molecule has 122 valence electrons. The maximum absolute atomic E-state index is 5.82. The second kappa shape index (κ2) is 6.49. The van der Waals surface area contributed by atoms with E-state index in [0.717, 1.165) is 34.1 Å². The van der Waals surface area contributed by atoms with E-state index in [1.807, 2.05) is 72.8 Å². The number of nitrogens with one attached hydrogen (secondary N) is 1. The third kappa shape index (κ3) is 3.35. The van der Waals surface area contributed by atoms with E-state index in [9.17, 15) is 0 Å². The van der Waals surface area contributed by atoms with Crippen LogP contribution in [0.25, 0.3) is 22.6 Å². The molecular weight excluding hydrogens is 312 g/mol. The first-order valence-electron chi connectivity index (χ1n) is 7.89. The van der Waals surface area contributed by atoms with Crippen molar-refractivity contribution in [1.29, 1.82) is 0 Å². The van der Waals surface area contributed by atoms with Gasteiger partial charge in [0, 0.05) is 11.9 Å². The minimum Gasteiger partial charge on any atom is -0.457 e. The van der Waals surface area contributed by atoms with Crippen LogP contribution in [0.3, 0.4) is 0 Å². The van der Waals surface area contributed by atoms with Gasteiger partial charge in [0.2, 0.25) is 5.95 Å². The van der Waals surface area contributed by atoms with Crippen molar-refractivity contribution in [2.24, 2.45) is 0 Å². The minimum absolute atomic E-state index is 0.260. The van der Waals surface area contributed by atoms with Gasteiger partial charge >= 0.3 is 0 Å². The van der Waals surface area contributed by atoms with Crippen molar-refractivity contribution in [2.45, 2.75) is 0 Å². The molecule has 0 atom stereocenters. The summed E-state index contributed by atoms with van der Waals surface area (Å²) in [4.78, 5) is 11.5. The first kappa shape index (κ1) is 15.0. The summed E-state index contributed by atoms with van der Waals surface area (Å²) in [5.74, 6) is 1.88. The van der Waals surface area contributed by atoms with Crippen LogP contribution in [0.4, 0.5) is 5.95 Å². The summed E-state index contributed by atoms with van der Waals surface area (Å²) in [6.45, 7) is 0. The van der Waals surface area contributed by atoms with Crippen LogP contribution in [0.15, 0.2) is 79.0 Å². The number of benzene rings is 2. The summed E-state index contributed by atoms with van der Waals surface area (Å²) in [6.07, 6.45) is 1.65. The Morgan fingerprint density at radius 2 is 1.48 bits per heavy atom. The number of nitrogens with two attached hydrogens (primary N) is 1. The summed E-state index contributed by atoms with van der Waals surface area (Å²) >= 11 is 0. The first-order chi connectivity index (χ1) is 12.3. The largest absolute Gasteiger partial charge is 0.457 e. The van der Waals surface area contributed by atoms with Gasteiger partial charge in [0.15, 0.2) is 0 Å². The van der Waals surface area contributed by atoms with Crippen LogP contribution >= 0.6 is 0 Å². The van der Waals surface area contributed by atoms with Crippen LogP contribution in [0.1, 0.15) is 0 Å². The lowest BCUT2D eigenvalue weighted by Gasteiger charge is -2.06. The van der Waals surface area contributed by atoms with Gasteiger partial charge < -0.3 is 15.5 Å². The third-order valence-electron chi connectivity index (χ3n) is 3.78. The molecule has 0 aliphatic heterocycles. The maximum Gasteiger partial charge on any atom is 0.220 e. The van der Waals surface area contributed by atoms with Crippen LogP contribution < -0.4 is 10.5 Å². The Labute approximate surface area is 145 Å². The number of anilines is 1. The van der Waals surface area contributed by atoms with E-state index in [2.05, 4.69) is 15.0 Å². The van der Waals surface area contributed by atoms with E-state index in [1.165, 1.54) is 0 Å². The molecule has 0 unspecified atom stereocenters.